The molecule has 0 aromatic heterocycles. The van der Waals surface area contributed by atoms with Crippen LogP contribution in [0.1, 0.15) is 24.8 Å². The van der Waals surface area contributed by atoms with Crippen molar-refractivity contribution in [2.45, 2.75) is 43.5 Å². The zero-order valence-corrected chi connectivity index (χ0v) is 18.9. The maximum Gasteiger partial charge on any atom is 0.137 e. The molecule has 33 heavy (non-hydrogen) atoms. The Hall–Kier alpha value is -2.26. The summed E-state index contributed by atoms with van der Waals surface area (Å²) in [6, 6.07) is 11.1. The summed E-state index contributed by atoms with van der Waals surface area (Å²) in [5, 5.41) is 32.7. The average Bonchev–Trinajstić information content (AvgIpc) is 2.75. The van der Waals surface area contributed by atoms with E-state index in [2.05, 4.69) is 30.0 Å². The zero-order chi connectivity index (χ0) is 23.6. The number of piperidine rings is 2. The lowest BCUT2D eigenvalue weighted by Crippen LogP contribution is -2.62. The van der Waals surface area contributed by atoms with Gasteiger partial charge in [0.2, 0.25) is 0 Å². The number of ether oxygens (including phenoxy) is 1. The lowest BCUT2D eigenvalue weighted by molar-refractivity contribution is -0.149. The van der Waals surface area contributed by atoms with E-state index in [1.165, 1.54) is 5.56 Å². The molecular formula is C25H32F2N2O4. The second-order valence-corrected chi connectivity index (χ2v) is 9.56. The molecule has 4 rings (SSSR count). The Morgan fingerprint density at radius 1 is 1.03 bits per heavy atom. The van der Waals surface area contributed by atoms with Gasteiger partial charge in [-0.1, -0.05) is 12.1 Å². The SMILES string of the molecule is Cc1cccc(N2CCC(O)(CN3CC[C@H](O)[C@@](O)(COc4cc(F)cc(F)c4)C3)CC2)c1. The van der Waals surface area contributed by atoms with E-state index < -0.39 is 28.9 Å². The monoisotopic (exact) mass is 462 g/mol. The molecule has 180 valence electrons. The number of nitrogens with zero attached hydrogens (tertiary/aromatic N) is 2. The normalized spacial score (nSPS) is 25.8. The molecule has 2 aliphatic heterocycles. The highest BCUT2D eigenvalue weighted by Gasteiger charge is 2.44. The van der Waals surface area contributed by atoms with Gasteiger partial charge >= 0.3 is 0 Å². The van der Waals surface area contributed by atoms with Gasteiger partial charge in [-0.2, -0.15) is 0 Å². The topological polar surface area (TPSA) is 76.4 Å². The molecule has 0 aliphatic carbocycles. The summed E-state index contributed by atoms with van der Waals surface area (Å²) in [4.78, 5) is 4.20. The van der Waals surface area contributed by atoms with E-state index in [0.717, 1.165) is 37.0 Å². The fraction of sp³-hybridized carbons (Fsp3) is 0.520. The largest absolute Gasteiger partial charge is 0.490 e. The molecule has 0 radical (unpaired) electrons. The third-order valence-electron chi connectivity index (χ3n) is 6.74. The summed E-state index contributed by atoms with van der Waals surface area (Å²) in [7, 11) is 0. The molecule has 6 nitrogen and oxygen atoms in total. The molecule has 2 aromatic rings. The molecule has 2 heterocycles. The number of rotatable bonds is 6. The van der Waals surface area contributed by atoms with Crippen molar-refractivity contribution in [3.63, 3.8) is 0 Å². The van der Waals surface area contributed by atoms with Gasteiger partial charge in [0.15, 0.2) is 0 Å². The van der Waals surface area contributed by atoms with Crippen molar-refractivity contribution in [1.82, 2.24) is 4.90 Å². The van der Waals surface area contributed by atoms with E-state index in [1.807, 2.05) is 11.0 Å². The van der Waals surface area contributed by atoms with E-state index in [9.17, 15) is 24.1 Å². The number of hydrogen-bond donors (Lipinski definition) is 3. The van der Waals surface area contributed by atoms with Gasteiger partial charge in [-0.3, -0.25) is 4.90 Å². The summed E-state index contributed by atoms with van der Waals surface area (Å²) in [6.45, 7) is 4.21. The van der Waals surface area contributed by atoms with Gasteiger partial charge in [0, 0.05) is 56.6 Å². The van der Waals surface area contributed by atoms with Gasteiger partial charge in [0.05, 0.1) is 11.7 Å². The van der Waals surface area contributed by atoms with Crippen LogP contribution in [0.2, 0.25) is 0 Å². The van der Waals surface area contributed by atoms with Crippen LogP contribution in [0, 0.1) is 18.6 Å². The smallest absolute Gasteiger partial charge is 0.137 e. The van der Waals surface area contributed by atoms with E-state index in [-0.39, 0.29) is 18.9 Å². The van der Waals surface area contributed by atoms with Crippen molar-refractivity contribution in [3.8, 4) is 5.75 Å². The Balaban J connectivity index is 1.34. The minimum absolute atomic E-state index is 0.0487. The standard InChI is InChI=1S/C25H32F2N2O4/c1-18-3-2-4-21(11-18)29-9-6-24(31,7-10-29)15-28-8-5-23(30)25(32,16-28)17-33-22-13-19(26)12-20(27)14-22/h2-4,11-14,23,30-32H,5-10,15-17H2,1H3/t23-,25-/m0/s1. The first kappa shape index (κ1) is 23.9. The quantitative estimate of drug-likeness (QED) is 0.613. The van der Waals surface area contributed by atoms with Crippen molar-refractivity contribution < 1.29 is 28.8 Å². The molecule has 2 aromatic carbocycles. The van der Waals surface area contributed by atoms with Gasteiger partial charge < -0.3 is 25.0 Å². The first-order chi connectivity index (χ1) is 15.6. The van der Waals surface area contributed by atoms with Crippen molar-refractivity contribution in [1.29, 1.82) is 0 Å². The van der Waals surface area contributed by atoms with Crippen LogP contribution in [0.5, 0.6) is 5.75 Å². The molecule has 2 atom stereocenters. The average molecular weight is 463 g/mol. The van der Waals surface area contributed by atoms with Crippen molar-refractivity contribution >= 4 is 5.69 Å². The molecular weight excluding hydrogens is 430 g/mol. The number of anilines is 1. The van der Waals surface area contributed by atoms with Crippen molar-refractivity contribution in [2.24, 2.45) is 0 Å². The lowest BCUT2D eigenvalue weighted by atomic mass is 9.86. The van der Waals surface area contributed by atoms with Crippen LogP contribution in [0.3, 0.4) is 0 Å². The molecule has 0 unspecified atom stereocenters. The second kappa shape index (κ2) is 9.54. The molecule has 0 amide bonds. The molecule has 2 saturated heterocycles. The molecule has 3 N–H and O–H groups in total. The Morgan fingerprint density at radius 2 is 1.73 bits per heavy atom. The number of aliphatic hydroxyl groups is 3. The third kappa shape index (κ3) is 5.81. The van der Waals surface area contributed by atoms with Crippen LogP contribution >= 0.6 is 0 Å². The van der Waals surface area contributed by atoms with E-state index in [4.69, 9.17) is 4.74 Å². The molecule has 2 aliphatic rings. The number of aryl methyl sites for hydroxylation is 1. The molecule has 0 saturated carbocycles. The molecule has 0 bridgehead atoms. The zero-order valence-electron chi connectivity index (χ0n) is 18.9. The highest BCUT2D eigenvalue weighted by atomic mass is 19.1. The van der Waals surface area contributed by atoms with Gasteiger partial charge in [0.25, 0.3) is 0 Å². The van der Waals surface area contributed by atoms with Crippen LogP contribution in [-0.4, -0.2) is 76.9 Å². The van der Waals surface area contributed by atoms with Gasteiger partial charge in [0.1, 0.15) is 29.6 Å². The first-order valence-electron chi connectivity index (χ1n) is 11.4. The fourth-order valence-electron chi connectivity index (χ4n) is 4.82. The highest BCUT2D eigenvalue weighted by molar-refractivity contribution is 5.48. The van der Waals surface area contributed by atoms with Crippen LogP contribution in [0.15, 0.2) is 42.5 Å². The van der Waals surface area contributed by atoms with Crippen molar-refractivity contribution in [3.05, 3.63) is 59.7 Å². The Morgan fingerprint density at radius 3 is 2.39 bits per heavy atom. The minimum Gasteiger partial charge on any atom is -0.490 e. The third-order valence-corrected chi connectivity index (χ3v) is 6.74. The number of likely N-dealkylation sites (tertiary alicyclic amines) is 1. The van der Waals surface area contributed by atoms with Crippen LogP contribution in [0.4, 0.5) is 14.5 Å². The summed E-state index contributed by atoms with van der Waals surface area (Å²) in [6.07, 6.45) is 0.461. The van der Waals surface area contributed by atoms with Gasteiger partial charge in [-0.15, -0.1) is 0 Å². The summed E-state index contributed by atoms with van der Waals surface area (Å²) >= 11 is 0. The summed E-state index contributed by atoms with van der Waals surface area (Å²) in [5.74, 6) is -1.60. The first-order valence-corrected chi connectivity index (χ1v) is 11.4. The predicted octanol–water partition coefficient (Wildman–Crippen LogP) is 2.48. The lowest BCUT2D eigenvalue weighted by Gasteiger charge is -2.46. The number of benzene rings is 2. The van der Waals surface area contributed by atoms with Crippen LogP contribution in [0.25, 0.3) is 0 Å². The minimum atomic E-state index is -1.61. The molecule has 0 spiro atoms. The van der Waals surface area contributed by atoms with Gasteiger partial charge in [-0.25, -0.2) is 8.78 Å². The summed E-state index contributed by atoms with van der Waals surface area (Å²) < 4.78 is 32.3. The predicted molar refractivity (Wildman–Crippen MR) is 121 cm³/mol. The van der Waals surface area contributed by atoms with E-state index in [0.29, 0.717) is 32.4 Å². The summed E-state index contributed by atoms with van der Waals surface area (Å²) in [5.41, 5.74) is -0.156. The second-order valence-electron chi connectivity index (χ2n) is 9.56. The van der Waals surface area contributed by atoms with Crippen LogP contribution < -0.4 is 9.64 Å². The fourth-order valence-corrected chi connectivity index (χ4v) is 4.82. The maximum atomic E-state index is 13.4. The van der Waals surface area contributed by atoms with E-state index >= 15 is 0 Å². The highest BCUT2D eigenvalue weighted by Crippen LogP contribution is 2.30. The van der Waals surface area contributed by atoms with Crippen LogP contribution in [-0.2, 0) is 0 Å². The van der Waals surface area contributed by atoms with E-state index in [1.54, 1.807) is 0 Å². The number of halogens is 2. The van der Waals surface area contributed by atoms with Gasteiger partial charge in [-0.05, 0) is 43.9 Å². The molecule has 2 fully saturated rings. The number of aliphatic hydroxyl groups excluding tert-OH is 1. The molecule has 8 heteroatoms. The Labute approximate surface area is 193 Å². The Kier molecular flexibility index (Phi) is 6.91. The number of β-amino-alcohol motifs (C(OH)–C–C–N with tert-alkyl or cyclic N) is 2. The van der Waals surface area contributed by atoms with Crippen molar-refractivity contribution in [2.75, 3.05) is 44.2 Å². The number of hydrogen-bond acceptors (Lipinski definition) is 6. The maximum absolute atomic E-state index is 13.4. The Bertz CT molecular complexity index is 947.